The fourth-order valence-corrected chi connectivity index (χ4v) is 2.99. The highest BCUT2D eigenvalue weighted by atomic mass is 16.5. The molecule has 1 aromatic heterocycles. The number of carboxylic acid groups (broad SMARTS) is 1. The lowest BCUT2D eigenvalue weighted by atomic mass is 9.92. The molecular weight excluding hydrogens is 274 g/mol. The lowest BCUT2D eigenvalue weighted by Crippen LogP contribution is -2.42. The number of rotatable bonds is 1. The zero-order valence-electron chi connectivity index (χ0n) is 12.4. The molecule has 1 fully saturated rings. The summed E-state index contributed by atoms with van der Waals surface area (Å²) in [6, 6.07) is -0.140. The molecule has 7 nitrogen and oxygen atoms in total. The van der Waals surface area contributed by atoms with Gasteiger partial charge in [-0.2, -0.15) is 0 Å². The fraction of sp³-hybridized carbons (Fsp3) is 0.643. The van der Waals surface area contributed by atoms with Gasteiger partial charge in [0.25, 0.3) is 0 Å². The summed E-state index contributed by atoms with van der Waals surface area (Å²) in [7, 11) is 0. The Morgan fingerprint density at radius 1 is 1.48 bits per heavy atom. The molecule has 21 heavy (non-hydrogen) atoms. The molecule has 3 heterocycles. The van der Waals surface area contributed by atoms with E-state index in [1.807, 2.05) is 20.8 Å². The minimum absolute atomic E-state index is 0.00180. The predicted octanol–water partition coefficient (Wildman–Crippen LogP) is 1.86. The summed E-state index contributed by atoms with van der Waals surface area (Å²) in [4.78, 5) is 26.6. The zero-order valence-corrected chi connectivity index (χ0v) is 12.4. The Morgan fingerprint density at radius 3 is 2.76 bits per heavy atom. The van der Waals surface area contributed by atoms with Gasteiger partial charge in [0.2, 0.25) is 11.8 Å². The van der Waals surface area contributed by atoms with Gasteiger partial charge in [0, 0.05) is 24.4 Å². The molecule has 2 amide bonds. The van der Waals surface area contributed by atoms with Gasteiger partial charge < -0.3 is 14.5 Å². The van der Waals surface area contributed by atoms with Gasteiger partial charge in [-0.25, -0.2) is 4.79 Å². The molecule has 1 aromatic rings. The van der Waals surface area contributed by atoms with Crippen LogP contribution in [0.3, 0.4) is 0 Å². The van der Waals surface area contributed by atoms with E-state index < -0.39 is 11.5 Å². The minimum Gasteiger partial charge on any atom is -0.465 e. The van der Waals surface area contributed by atoms with Crippen LogP contribution in [0.4, 0.5) is 10.7 Å². The maximum absolute atomic E-state index is 12.4. The first-order valence-electron chi connectivity index (χ1n) is 7.10. The topological polar surface area (TPSA) is 86.9 Å². The third-order valence-corrected chi connectivity index (χ3v) is 4.47. The first kappa shape index (κ1) is 13.9. The van der Waals surface area contributed by atoms with Gasteiger partial charge in [-0.15, -0.1) is 0 Å². The molecule has 0 aromatic carbocycles. The molecular formula is C14H19N3O4. The van der Waals surface area contributed by atoms with Crippen molar-refractivity contribution in [1.82, 2.24) is 10.1 Å². The standard InChI is InChI=1S/C14H19N3O4/c1-8-6-10-9(7-17(8)13(19)20)11(21-15-10)16-5-4-14(2,3)12(16)18/h8H,4-7H2,1-3H3,(H,19,20)/t8-/m0/s1. The van der Waals surface area contributed by atoms with Crippen molar-refractivity contribution < 1.29 is 19.2 Å². The second-order valence-electron chi connectivity index (χ2n) is 6.47. The molecule has 0 unspecified atom stereocenters. The van der Waals surface area contributed by atoms with E-state index in [2.05, 4.69) is 5.16 Å². The second kappa shape index (κ2) is 4.47. The van der Waals surface area contributed by atoms with Crippen LogP contribution in [0.1, 0.15) is 38.4 Å². The van der Waals surface area contributed by atoms with Crippen LogP contribution in [-0.2, 0) is 17.8 Å². The SMILES string of the molecule is C[C@H]1Cc2noc(N3CCC(C)(C)C3=O)c2CN1C(=O)O. The highest BCUT2D eigenvalue weighted by Gasteiger charge is 2.43. The van der Waals surface area contributed by atoms with E-state index in [4.69, 9.17) is 4.52 Å². The third kappa shape index (κ3) is 2.07. The molecule has 0 aliphatic carbocycles. The van der Waals surface area contributed by atoms with Crippen molar-refractivity contribution >= 4 is 17.9 Å². The summed E-state index contributed by atoms with van der Waals surface area (Å²) in [5, 5.41) is 13.3. The largest absolute Gasteiger partial charge is 0.465 e. The summed E-state index contributed by atoms with van der Waals surface area (Å²) >= 11 is 0. The Morgan fingerprint density at radius 2 is 2.19 bits per heavy atom. The van der Waals surface area contributed by atoms with E-state index in [1.54, 1.807) is 4.90 Å². The number of hydrogen-bond donors (Lipinski definition) is 1. The molecule has 7 heteroatoms. The van der Waals surface area contributed by atoms with E-state index >= 15 is 0 Å². The van der Waals surface area contributed by atoms with Crippen molar-refractivity contribution in [3.05, 3.63) is 11.3 Å². The van der Waals surface area contributed by atoms with Crippen LogP contribution in [-0.4, -0.2) is 39.8 Å². The van der Waals surface area contributed by atoms with Crippen molar-refractivity contribution in [2.24, 2.45) is 5.41 Å². The van der Waals surface area contributed by atoms with E-state index in [1.165, 1.54) is 4.90 Å². The first-order valence-corrected chi connectivity index (χ1v) is 7.10. The van der Waals surface area contributed by atoms with Crippen molar-refractivity contribution in [2.75, 3.05) is 11.4 Å². The van der Waals surface area contributed by atoms with Gasteiger partial charge >= 0.3 is 6.09 Å². The molecule has 2 aliphatic rings. The number of fused-ring (bicyclic) bond motifs is 1. The number of nitrogens with zero attached hydrogens (tertiary/aromatic N) is 3. The molecule has 2 aliphatic heterocycles. The lowest BCUT2D eigenvalue weighted by Gasteiger charge is -2.30. The Labute approximate surface area is 122 Å². The molecule has 0 saturated carbocycles. The number of amides is 2. The molecule has 0 spiro atoms. The molecule has 0 bridgehead atoms. The molecule has 1 atom stereocenters. The normalized spacial score (nSPS) is 24.3. The Balaban J connectivity index is 1.94. The number of anilines is 1. The molecule has 0 radical (unpaired) electrons. The summed E-state index contributed by atoms with van der Waals surface area (Å²) < 4.78 is 5.38. The lowest BCUT2D eigenvalue weighted by molar-refractivity contribution is -0.124. The minimum atomic E-state index is -0.964. The van der Waals surface area contributed by atoms with E-state index in [0.717, 1.165) is 17.7 Å². The maximum atomic E-state index is 12.4. The number of hydrogen-bond acceptors (Lipinski definition) is 4. The van der Waals surface area contributed by atoms with Crippen LogP contribution in [0, 0.1) is 5.41 Å². The first-order chi connectivity index (χ1) is 9.81. The number of carbonyl (C=O) groups excluding carboxylic acids is 1. The van der Waals surface area contributed by atoms with Gasteiger partial charge in [0.1, 0.15) is 0 Å². The van der Waals surface area contributed by atoms with Crippen LogP contribution in [0.2, 0.25) is 0 Å². The highest BCUT2D eigenvalue weighted by Crippen LogP contribution is 2.38. The molecule has 114 valence electrons. The average molecular weight is 293 g/mol. The van der Waals surface area contributed by atoms with Gasteiger partial charge in [-0.3, -0.25) is 9.69 Å². The fourth-order valence-electron chi connectivity index (χ4n) is 2.99. The number of aromatic nitrogens is 1. The maximum Gasteiger partial charge on any atom is 0.407 e. The summed E-state index contributed by atoms with van der Waals surface area (Å²) in [5.74, 6) is 0.417. The summed E-state index contributed by atoms with van der Waals surface area (Å²) in [6.07, 6.45) is 0.296. The van der Waals surface area contributed by atoms with Gasteiger partial charge in [0.15, 0.2) is 0 Å². The van der Waals surface area contributed by atoms with Crippen LogP contribution in [0.25, 0.3) is 0 Å². The molecule has 1 N–H and O–H groups in total. The molecule has 3 rings (SSSR count). The van der Waals surface area contributed by atoms with Crippen LogP contribution in [0.15, 0.2) is 4.52 Å². The van der Waals surface area contributed by atoms with Gasteiger partial charge in [-0.1, -0.05) is 19.0 Å². The van der Waals surface area contributed by atoms with Gasteiger partial charge in [0.05, 0.1) is 17.8 Å². The second-order valence-corrected chi connectivity index (χ2v) is 6.47. The summed E-state index contributed by atoms with van der Waals surface area (Å²) in [6.45, 7) is 6.45. The van der Waals surface area contributed by atoms with E-state index in [9.17, 15) is 14.7 Å². The Bertz CT molecular complexity index is 607. The van der Waals surface area contributed by atoms with E-state index in [-0.39, 0.29) is 18.5 Å². The molecule has 1 saturated heterocycles. The van der Waals surface area contributed by atoms with Crippen molar-refractivity contribution in [3.63, 3.8) is 0 Å². The third-order valence-electron chi connectivity index (χ3n) is 4.47. The van der Waals surface area contributed by atoms with Crippen LogP contribution < -0.4 is 4.90 Å². The zero-order chi connectivity index (χ0) is 15.4. The van der Waals surface area contributed by atoms with E-state index in [0.29, 0.717) is 18.8 Å². The Kier molecular flexibility index (Phi) is 2.96. The van der Waals surface area contributed by atoms with Crippen molar-refractivity contribution in [3.8, 4) is 0 Å². The van der Waals surface area contributed by atoms with Crippen LogP contribution >= 0.6 is 0 Å². The smallest absolute Gasteiger partial charge is 0.407 e. The van der Waals surface area contributed by atoms with Gasteiger partial charge in [-0.05, 0) is 13.3 Å². The predicted molar refractivity (Wildman–Crippen MR) is 74.0 cm³/mol. The van der Waals surface area contributed by atoms with Crippen molar-refractivity contribution in [1.29, 1.82) is 0 Å². The Hall–Kier alpha value is -2.05. The average Bonchev–Trinajstić information content (AvgIpc) is 2.90. The van der Waals surface area contributed by atoms with Crippen molar-refractivity contribution in [2.45, 2.75) is 46.2 Å². The monoisotopic (exact) mass is 293 g/mol. The van der Waals surface area contributed by atoms with Crippen LogP contribution in [0.5, 0.6) is 0 Å². The summed E-state index contributed by atoms with van der Waals surface area (Å²) in [5.41, 5.74) is 1.07. The quantitative estimate of drug-likeness (QED) is 0.854. The highest BCUT2D eigenvalue weighted by molar-refractivity contribution is 5.98. The number of carbonyl (C=O) groups is 2.